The van der Waals surface area contributed by atoms with Crippen LogP contribution in [0.4, 0.5) is 4.39 Å². The number of carbonyl (C=O) groups excluding carboxylic acids is 1. The molecule has 152 valence electrons. The molecular formula is C24H25BrFNO2. The maximum Gasteiger partial charge on any atom is 0.353 e. The van der Waals surface area contributed by atoms with Crippen LogP contribution in [-0.2, 0) is 15.2 Å². The van der Waals surface area contributed by atoms with Crippen molar-refractivity contribution in [1.29, 1.82) is 0 Å². The number of piperidine rings is 3. The van der Waals surface area contributed by atoms with Gasteiger partial charge in [-0.25, -0.2) is 9.18 Å². The molecule has 2 aromatic carbocycles. The summed E-state index contributed by atoms with van der Waals surface area (Å²) in [6, 6.07) is 17.1. The highest BCUT2D eigenvalue weighted by Gasteiger charge is 2.51. The number of halogens is 2. The highest BCUT2D eigenvalue weighted by Crippen LogP contribution is 2.39. The molecule has 2 bridgehead atoms. The zero-order valence-electron chi connectivity index (χ0n) is 16.3. The van der Waals surface area contributed by atoms with Crippen molar-refractivity contribution in [3.63, 3.8) is 0 Å². The fourth-order valence-electron chi connectivity index (χ4n) is 4.73. The summed E-state index contributed by atoms with van der Waals surface area (Å²) in [4.78, 5) is 13.2. The SMILES string of the molecule is C#CC[N+]12CCC(CC1)[C@@H](OC(=O)C(F)(c1ccccc1)c1ccccc1)C2.[Br-]. The van der Waals surface area contributed by atoms with E-state index in [1.54, 1.807) is 60.7 Å². The van der Waals surface area contributed by atoms with Gasteiger partial charge in [0, 0.05) is 29.9 Å². The second kappa shape index (κ2) is 8.69. The van der Waals surface area contributed by atoms with E-state index in [-0.39, 0.29) is 29.0 Å². The second-order valence-corrected chi connectivity index (χ2v) is 8.01. The molecule has 0 aliphatic carbocycles. The molecule has 29 heavy (non-hydrogen) atoms. The van der Waals surface area contributed by atoms with Gasteiger partial charge in [0.2, 0.25) is 0 Å². The molecule has 3 aliphatic heterocycles. The van der Waals surface area contributed by atoms with Crippen LogP contribution in [0.2, 0.25) is 0 Å². The molecule has 3 heterocycles. The number of hydrogen-bond donors (Lipinski definition) is 0. The predicted octanol–water partition coefficient (Wildman–Crippen LogP) is 0.689. The molecule has 0 amide bonds. The van der Waals surface area contributed by atoms with Crippen molar-refractivity contribution in [2.24, 2.45) is 5.92 Å². The Balaban J connectivity index is 0.00000240. The van der Waals surface area contributed by atoms with Crippen LogP contribution >= 0.6 is 0 Å². The van der Waals surface area contributed by atoms with Crippen molar-refractivity contribution in [2.45, 2.75) is 24.6 Å². The Kier molecular flexibility index (Phi) is 6.45. The number of esters is 1. The Labute approximate surface area is 182 Å². The van der Waals surface area contributed by atoms with E-state index in [1.165, 1.54) is 0 Å². The van der Waals surface area contributed by atoms with E-state index < -0.39 is 11.6 Å². The van der Waals surface area contributed by atoms with Crippen LogP contribution in [0.3, 0.4) is 0 Å². The third kappa shape index (κ3) is 3.97. The molecule has 3 saturated heterocycles. The molecule has 2 aromatic rings. The number of fused-ring (bicyclic) bond motifs is 3. The number of carbonyl (C=O) groups is 1. The van der Waals surface area contributed by atoms with Crippen molar-refractivity contribution in [1.82, 2.24) is 0 Å². The van der Waals surface area contributed by atoms with Gasteiger partial charge in [-0.05, 0) is 5.92 Å². The maximum atomic E-state index is 16.4. The molecule has 1 atom stereocenters. The zero-order chi connectivity index (χ0) is 19.6. The van der Waals surface area contributed by atoms with Gasteiger partial charge in [-0.15, -0.1) is 6.42 Å². The predicted molar refractivity (Wildman–Crippen MR) is 106 cm³/mol. The Bertz CT molecular complexity index is 833. The van der Waals surface area contributed by atoms with Crippen LogP contribution in [0.15, 0.2) is 60.7 Å². The first-order chi connectivity index (χ1) is 13.6. The number of hydrogen-bond acceptors (Lipinski definition) is 2. The summed E-state index contributed by atoms with van der Waals surface area (Å²) in [6.45, 7) is 3.35. The molecule has 5 rings (SSSR count). The van der Waals surface area contributed by atoms with Gasteiger partial charge in [-0.3, -0.25) is 0 Å². The molecule has 0 unspecified atom stereocenters. The Morgan fingerprint density at radius 2 is 1.59 bits per heavy atom. The van der Waals surface area contributed by atoms with Crippen molar-refractivity contribution < 1.29 is 35.4 Å². The van der Waals surface area contributed by atoms with Gasteiger partial charge < -0.3 is 26.2 Å². The minimum Gasteiger partial charge on any atom is -1.00 e. The number of rotatable bonds is 5. The molecule has 0 saturated carbocycles. The molecule has 3 aliphatic rings. The quantitative estimate of drug-likeness (QED) is 0.375. The first-order valence-electron chi connectivity index (χ1n) is 9.87. The third-order valence-electron chi connectivity index (χ3n) is 6.35. The maximum absolute atomic E-state index is 16.4. The van der Waals surface area contributed by atoms with E-state index in [2.05, 4.69) is 5.92 Å². The summed E-state index contributed by atoms with van der Waals surface area (Å²) in [7, 11) is 0. The van der Waals surface area contributed by atoms with Gasteiger partial charge >= 0.3 is 5.97 Å². The number of ether oxygens (including phenoxy) is 1. The lowest BCUT2D eigenvalue weighted by Crippen LogP contribution is -3.00. The highest BCUT2D eigenvalue weighted by molar-refractivity contribution is 5.85. The van der Waals surface area contributed by atoms with Crippen molar-refractivity contribution in [3.8, 4) is 12.3 Å². The smallest absolute Gasteiger partial charge is 0.353 e. The van der Waals surface area contributed by atoms with Gasteiger partial charge in [0.25, 0.3) is 5.67 Å². The zero-order valence-corrected chi connectivity index (χ0v) is 17.9. The third-order valence-corrected chi connectivity index (χ3v) is 6.35. The van der Waals surface area contributed by atoms with Gasteiger partial charge in [0.1, 0.15) is 13.1 Å². The average Bonchev–Trinajstić information content (AvgIpc) is 2.75. The van der Waals surface area contributed by atoms with Crippen molar-refractivity contribution in [2.75, 3.05) is 26.2 Å². The van der Waals surface area contributed by atoms with E-state index in [0.29, 0.717) is 24.2 Å². The standard InChI is InChI=1S/C24H25FNO2.BrH/c1-2-15-26-16-13-19(14-17-26)22(18-26)28-23(27)24(25,20-9-5-3-6-10-20)21-11-7-4-8-12-21;/h1,3-12,19,22H,13-18H2;1H/q+1;/p-1/t19?,22-,26?;/m0./s1. The summed E-state index contributed by atoms with van der Waals surface area (Å²) < 4.78 is 23.0. The van der Waals surface area contributed by atoms with E-state index in [9.17, 15) is 4.79 Å². The first kappa shape index (κ1) is 21.5. The first-order valence-corrected chi connectivity index (χ1v) is 9.87. The molecule has 0 radical (unpaired) electrons. The normalized spacial score (nSPS) is 25.5. The number of quaternary nitrogens is 1. The Morgan fingerprint density at radius 1 is 1.07 bits per heavy atom. The summed E-state index contributed by atoms with van der Waals surface area (Å²) in [5, 5.41) is 0. The van der Waals surface area contributed by atoms with Crippen molar-refractivity contribution >= 4 is 5.97 Å². The summed E-state index contributed by atoms with van der Waals surface area (Å²) in [5.74, 6) is 2.23. The minimum atomic E-state index is -2.33. The van der Waals surface area contributed by atoms with Crippen LogP contribution in [0.5, 0.6) is 0 Å². The van der Waals surface area contributed by atoms with Crippen molar-refractivity contribution in [3.05, 3.63) is 71.8 Å². The lowest BCUT2D eigenvalue weighted by atomic mass is 9.82. The van der Waals surface area contributed by atoms with E-state index in [0.717, 1.165) is 30.4 Å². The summed E-state index contributed by atoms with van der Waals surface area (Å²) in [5.41, 5.74) is -1.74. The van der Waals surface area contributed by atoms with E-state index >= 15 is 4.39 Å². The monoisotopic (exact) mass is 457 g/mol. The van der Waals surface area contributed by atoms with E-state index in [4.69, 9.17) is 11.2 Å². The second-order valence-electron chi connectivity index (χ2n) is 8.01. The fourth-order valence-corrected chi connectivity index (χ4v) is 4.73. The number of benzene rings is 2. The largest absolute Gasteiger partial charge is 1.00 e. The highest BCUT2D eigenvalue weighted by atomic mass is 79.9. The molecule has 5 heteroatoms. The topological polar surface area (TPSA) is 26.3 Å². The molecule has 0 N–H and O–H groups in total. The molecule has 3 nitrogen and oxygen atoms in total. The van der Waals surface area contributed by atoms with Crippen LogP contribution in [0.25, 0.3) is 0 Å². The molecule has 3 fully saturated rings. The van der Waals surface area contributed by atoms with Crippen LogP contribution in [0, 0.1) is 18.3 Å². The van der Waals surface area contributed by atoms with Gasteiger partial charge in [-0.2, -0.15) is 0 Å². The summed E-state index contributed by atoms with van der Waals surface area (Å²) in [6.07, 6.45) is 7.22. The summed E-state index contributed by atoms with van der Waals surface area (Å²) >= 11 is 0. The molecular weight excluding hydrogens is 433 g/mol. The minimum absolute atomic E-state index is 0. The number of nitrogens with zero attached hydrogens (tertiary/aromatic N) is 1. The van der Waals surface area contributed by atoms with E-state index in [1.807, 2.05) is 0 Å². The number of terminal acetylenes is 1. The van der Waals surface area contributed by atoms with Crippen LogP contribution in [-0.4, -0.2) is 42.7 Å². The lowest BCUT2D eigenvalue weighted by molar-refractivity contribution is -0.939. The Hall–Kier alpha value is -2.16. The average molecular weight is 458 g/mol. The van der Waals surface area contributed by atoms with Gasteiger partial charge in [-0.1, -0.05) is 60.7 Å². The van der Waals surface area contributed by atoms with Gasteiger partial charge in [0.05, 0.1) is 13.1 Å². The van der Waals surface area contributed by atoms with Gasteiger partial charge in [0.15, 0.2) is 6.10 Å². The number of alkyl halides is 1. The lowest BCUT2D eigenvalue weighted by Gasteiger charge is -2.51. The fraction of sp³-hybridized carbons (Fsp3) is 0.375. The molecule has 0 spiro atoms. The van der Waals surface area contributed by atoms with Crippen LogP contribution in [0.1, 0.15) is 24.0 Å². The molecule has 0 aromatic heterocycles. The Morgan fingerprint density at radius 3 is 2.07 bits per heavy atom. The van der Waals surface area contributed by atoms with Crippen LogP contribution < -0.4 is 17.0 Å².